The number of sulfonamides is 1. The Morgan fingerprint density at radius 1 is 1.07 bits per heavy atom. The Morgan fingerprint density at radius 2 is 1.71 bits per heavy atom. The molecule has 2 heterocycles. The first kappa shape index (κ1) is 20.7. The number of rotatable bonds is 3. The number of nitrogens with zero attached hydrogens (tertiary/aromatic N) is 1. The third kappa shape index (κ3) is 3.10. The van der Waals surface area contributed by atoms with E-state index in [-0.39, 0.29) is 23.0 Å². The molecule has 1 aromatic heterocycles. The van der Waals surface area contributed by atoms with Gasteiger partial charge in [-0.1, -0.05) is 12.1 Å². The van der Waals surface area contributed by atoms with E-state index in [1.807, 2.05) is 0 Å². The molecule has 0 saturated carbocycles. The second-order valence-electron chi connectivity index (χ2n) is 5.75. The Balaban J connectivity index is 2.11. The third-order valence-corrected chi connectivity index (χ3v) is 7.24. The highest BCUT2D eigenvalue weighted by molar-refractivity contribution is 7.94. The highest BCUT2D eigenvalue weighted by Crippen LogP contribution is 2.51. The van der Waals surface area contributed by atoms with Crippen LogP contribution in [-0.4, -0.2) is 39.0 Å². The first-order valence-corrected chi connectivity index (χ1v) is 9.81. The largest absolute Gasteiger partial charge is 0.489 e. The second kappa shape index (κ2) is 6.52. The lowest BCUT2D eigenvalue weighted by molar-refractivity contribution is -0.376. The topological polar surface area (TPSA) is 66.8 Å². The van der Waals surface area contributed by atoms with Gasteiger partial charge in [0.25, 0.3) is 15.6 Å². The zero-order valence-corrected chi connectivity index (χ0v) is 15.2. The molecule has 0 unspecified atom stereocenters. The molecule has 0 spiro atoms. The number of aliphatic hydroxyl groups is 1. The van der Waals surface area contributed by atoms with E-state index in [0.717, 1.165) is 21.7 Å². The summed E-state index contributed by atoms with van der Waals surface area (Å²) in [4.78, 5) is 0. The van der Waals surface area contributed by atoms with Crippen molar-refractivity contribution in [3.63, 3.8) is 0 Å². The van der Waals surface area contributed by atoms with Crippen LogP contribution in [0.3, 0.4) is 0 Å². The molecule has 1 N–H and O–H groups in total. The van der Waals surface area contributed by atoms with Gasteiger partial charge in [-0.2, -0.15) is 26.3 Å². The van der Waals surface area contributed by atoms with Crippen LogP contribution in [0, 0.1) is 0 Å². The minimum atomic E-state index is -6.06. The molecular weight excluding hydrogens is 436 g/mol. The van der Waals surface area contributed by atoms with Crippen molar-refractivity contribution >= 4 is 27.0 Å². The summed E-state index contributed by atoms with van der Waals surface area (Å²) in [5, 5.41) is 11.0. The van der Waals surface area contributed by atoms with Crippen molar-refractivity contribution < 1.29 is 44.6 Å². The van der Waals surface area contributed by atoms with E-state index < -0.39 is 39.3 Å². The molecule has 3 rings (SSSR count). The van der Waals surface area contributed by atoms with Crippen LogP contribution < -0.4 is 9.04 Å². The van der Waals surface area contributed by atoms with Crippen LogP contribution in [0.4, 0.5) is 32.0 Å². The Hall–Kier alpha value is -1.99. The van der Waals surface area contributed by atoms with Crippen molar-refractivity contribution in [3.8, 4) is 5.75 Å². The van der Waals surface area contributed by atoms with Gasteiger partial charge in [-0.3, -0.25) is 4.31 Å². The predicted molar refractivity (Wildman–Crippen MR) is 86.8 cm³/mol. The molecule has 0 fully saturated rings. The SMILES string of the molecule is O=S(=O)(c1cccs1)N1CCOc2cc(C(O)(C(F)(F)F)C(F)(F)F)ccc21. The number of fused-ring (bicyclic) bond motifs is 1. The van der Waals surface area contributed by atoms with Crippen LogP contribution in [0.15, 0.2) is 39.9 Å². The number of hydrogen-bond donors (Lipinski definition) is 1. The monoisotopic (exact) mass is 447 g/mol. The van der Waals surface area contributed by atoms with Crippen molar-refractivity contribution in [1.82, 2.24) is 0 Å². The summed E-state index contributed by atoms with van der Waals surface area (Å²) in [6.45, 7) is -0.479. The van der Waals surface area contributed by atoms with Crippen LogP contribution in [0.2, 0.25) is 0 Å². The smallest absolute Gasteiger partial charge is 0.430 e. The summed E-state index contributed by atoms with van der Waals surface area (Å²) >= 11 is 0.904. The maximum absolute atomic E-state index is 13.1. The van der Waals surface area contributed by atoms with Gasteiger partial charge >= 0.3 is 12.4 Å². The Morgan fingerprint density at radius 3 is 2.25 bits per heavy atom. The van der Waals surface area contributed by atoms with E-state index in [0.29, 0.717) is 12.1 Å². The molecule has 28 heavy (non-hydrogen) atoms. The first-order chi connectivity index (χ1) is 12.8. The zero-order valence-electron chi connectivity index (χ0n) is 13.6. The van der Waals surface area contributed by atoms with Gasteiger partial charge in [-0.05, 0) is 23.6 Å². The predicted octanol–water partition coefficient (Wildman–Crippen LogP) is 3.65. The summed E-state index contributed by atoms with van der Waals surface area (Å²) in [6, 6.07) is 4.28. The van der Waals surface area contributed by atoms with E-state index in [1.54, 1.807) is 0 Å². The van der Waals surface area contributed by atoms with E-state index in [2.05, 4.69) is 0 Å². The molecule has 1 aliphatic rings. The average Bonchev–Trinajstić information content (AvgIpc) is 3.13. The summed E-state index contributed by atoms with van der Waals surface area (Å²) in [5.41, 5.74) is -6.88. The van der Waals surface area contributed by atoms with Gasteiger partial charge in [0, 0.05) is 5.56 Å². The average molecular weight is 447 g/mol. The molecule has 0 saturated heterocycles. The number of benzene rings is 1. The summed E-state index contributed by atoms with van der Waals surface area (Å²) in [5.74, 6) is -0.518. The van der Waals surface area contributed by atoms with Crippen LogP contribution in [0.1, 0.15) is 5.56 Å². The number of halogens is 6. The van der Waals surface area contributed by atoms with Gasteiger partial charge in [-0.15, -0.1) is 11.3 Å². The van der Waals surface area contributed by atoms with Crippen molar-refractivity contribution in [2.75, 3.05) is 17.5 Å². The van der Waals surface area contributed by atoms with Crippen molar-refractivity contribution in [3.05, 3.63) is 41.3 Å². The molecule has 0 bridgehead atoms. The van der Waals surface area contributed by atoms with Crippen LogP contribution in [-0.2, 0) is 15.6 Å². The van der Waals surface area contributed by atoms with Gasteiger partial charge in [0.05, 0.1) is 12.2 Å². The molecule has 0 radical (unpaired) electrons. The van der Waals surface area contributed by atoms with E-state index in [9.17, 15) is 39.9 Å². The minimum absolute atomic E-state index is 0.0495. The van der Waals surface area contributed by atoms with Crippen molar-refractivity contribution in [1.29, 1.82) is 0 Å². The molecule has 154 valence electrons. The van der Waals surface area contributed by atoms with Gasteiger partial charge < -0.3 is 9.84 Å². The Bertz CT molecular complexity index is 955. The lowest BCUT2D eigenvalue weighted by Gasteiger charge is -2.35. The van der Waals surface area contributed by atoms with Crippen LogP contribution >= 0.6 is 11.3 Å². The van der Waals surface area contributed by atoms with Gasteiger partial charge in [-0.25, -0.2) is 8.42 Å². The summed E-state index contributed by atoms with van der Waals surface area (Å²) in [6.07, 6.45) is -12.1. The Kier molecular flexibility index (Phi) is 4.83. The lowest BCUT2D eigenvalue weighted by atomic mass is 9.91. The number of hydrogen-bond acceptors (Lipinski definition) is 5. The molecule has 13 heteroatoms. The fraction of sp³-hybridized carbons (Fsp3) is 0.333. The van der Waals surface area contributed by atoms with Gasteiger partial charge in [0.1, 0.15) is 16.6 Å². The van der Waals surface area contributed by atoms with Crippen molar-refractivity contribution in [2.45, 2.75) is 22.2 Å². The normalized spacial score (nSPS) is 15.9. The summed E-state index contributed by atoms with van der Waals surface area (Å²) in [7, 11) is -4.07. The molecule has 0 atom stereocenters. The zero-order chi connectivity index (χ0) is 21.0. The quantitative estimate of drug-likeness (QED) is 0.730. The standard InChI is InChI=1S/C15H11F6NO4S2/c16-14(17,18)13(23,15(19,20)21)9-3-4-10-11(8-9)26-6-5-22(10)28(24,25)12-2-1-7-27-12/h1-4,7-8,23H,5-6H2. The van der Waals surface area contributed by atoms with Gasteiger partial charge in [0.15, 0.2) is 0 Å². The fourth-order valence-electron chi connectivity index (χ4n) is 2.68. The van der Waals surface area contributed by atoms with Crippen molar-refractivity contribution in [2.24, 2.45) is 0 Å². The number of thiophene rings is 1. The molecule has 1 aliphatic heterocycles. The number of ether oxygens (including phenoxy) is 1. The molecule has 0 amide bonds. The van der Waals surface area contributed by atoms with Gasteiger partial charge in [0.2, 0.25) is 0 Å². The Labute approximate surface area is 158 Å². The summed E-state index contributed by atoms with van der Waals surface area (Å²) < 4.78 is 110. The highest BCUT2D eigenvalue weighted by atomic mass is 32.2. The molecule has 1 aromatic carbocycles. The third-order valence-electron chi connectivity index (χ3n) is 4.06. The van der Waals surface area contributed by atoms with E-state index >= 15 is 0 Å². The highest BCUT2D eigenvalue weighted by Gasteiger charge is 2.71. The minimum Gasteiger partial charge on any atom is -0.489 e. The molecule has 5 nitrogen and oxygen atoms in total. The molecular formula is C15H11F6NO4S2. The number of anilines is 1. The maximum Gasteiger partial charge on any atom is 0.430 e. The molecule has 0 aliphatic carbocycles. The molecule has 2 aromatic rings. The van der Waals surface area contributed by atoms with E-state index in [4.69, 9.17) is 4.74 Å². The van der Waals surface area contributed by atoms with Crippen LogP contribution in [0.5, 0.6) is 5.75 Å². The van der Waals surface area contributed by atoms with E-state index in [1.165, 1.54) is 17.5 Å². The lowest BCUT2D eigenvalue weighted by Crippen LogP contribution is -2.54. The second-order valence-corrected chi connectivity index (χ2v) is 8.78. The fourth-order valence-corrected chi connectivity index (χ4v) is 5.24. The maximum atomic E-state index is 13.1. The number of alkyl halides is 6. The first-order valence-electron chi connectivity index (χ1n) is 7.49. The van der Waals surface area contributed by atoms with Crippen LogP contribution in [0.25, 0.3) is 0 Å².